The molecular formula is C34H34Cl3N3O4S. The summed E-state index contributed by atoms with van der Waals surface area (Å²) in [5.41, 5.74) is 1.57. The molecule has 0 saturated carbocycles. The Labute approximate surface area is 279 Å². The number of carbonyl (C=O) groups is 2. The average molecular weight is 687 g/mol. The topological polar surface area (TPSA) is 86.8 Å². The summed E-state index contributed by atoms with van der Waals surface area (Å²) in [5, 5.41) is 4.03. The summed E-state index contributed by atoms with van der Waals surface area (Å²) >= 11 is 19.0. The van der Waals surface area contributed by atoms with Crippen LogP contribution in [0.5, 0.6) is 0 Å². The van der Waals surface area contributed by atoms with E-state index in [1.54, 1.807) is 54.6 Å². The van der Waals surface area contributed by atoms with Gasteiger partial charge in [-0.15, -0.1) is 0 Å². The standard InChI is InChI=1S/C34H34Cl3N3O4S/c1-3-24(2)38-34(42)32(19-25-11-6-4-7-12-25)39(22-26-17-18-28(36)21-31(26)37)33(41)23-40(29-14-10-13-27(35)20-29)45(43,44)30-15-8-5-9-16-30/h4-18,20-21,24,32H,3,19,22-23H2,1-2H3,(H,38,42)/t24-,32+/m1/s1. The summed E-state index contributed by atoms with van der Waals surface area (Å²) in [6, 6.07) is 27.2. The molecule has 0 saturated heterocycles. The monoisotopic (exact) mass is 685 g/mol. The Morgan fingerprint density at radius 3 is 2.09 bits per heavy atom. The quantitative estimate of drug-likeness (QED) is 0.159. The summed E-state index contributed by atoms with van der Waals surface area (Å²) in [6.07, 6.45) is 0.862. The van der Waals surface area contributed by atoms with E-state index < -0.39 is 28.5 Å². The number of halogens is 3. The maximum atomic E-state index is 14.5. The SMILES string of the molecule is CC[C@@H](C)NC(=O)[C@H](Cc1ccccc1)N(Cc1ccc(Cl)cc1Cl)C(=O)CN(c1cccc(Cl)c1)S(=O)(=O)c1ccccc1. The first-order chi connectivity index (χ1) is 21.5. The molecule has 45 heavy (non-hydrogen) atoms. The molecule has 0 heterocycles. The second kappa shape index (κ2) is 15.6. The highest BCUT2D eigenvalue weighted by atomic mass is 35.5. The predicted molar refractivity (Wildman–Crippen MR) is 181 cm³/mol. The zero-order valence-corrected chi connectivity index (χ0v) is 28.0. The summed E-state index contributed by atoms with van der Waals surface area (Å²) in [7, 11) is -4.23. The molecule has 0 aliphatic carbocycles. The molecule has 2 atom stereocenters. The van der Waals surface area contributed by atoms with E-state index in [4.69, 9.17) is 34.8 Å². The van der Waals surface area contributed by atoms with Crippen molar-refractivity contribution in [3.63, 3.8) is 0 Å². The molecule has 0 spiro atoms. The molecule has 0 aromatic heterocycles. The van der Waals surface area contributed by atoms with E-state index >= 15 is 0 Å². The number of nitrogens with zero attached hydrogens (tertiary/aromatic N) is 2. The van der Waals surface area contributed by atoms with Gasteiger partial charge in [0, 0.05) is 34.1 Å². The highest BCUT2D eigenvalue weighted by Gasteiger charge is 2.35. The molecule has 2 amide bonds. The summed E-state index contributed by atoms with van der Waals surface area (Å²) < 4.78 is 29.1. The normalized spacial score (nSPS) is 12.6. The van der Waals surface area contributed by atoms with Crippen molar-refractivity contribution in [1.29, 1.82) is 0 Å². The Morgan fingerprint density at radius 1 is 0.822 bits per heavy atom. The van der Waals surface area contributed by atoms with Crippen LogP contribution in [-0.2, 0) is 32.6 Å². The van der Waals surface area contributed by atoms with Crippen LogP contribution in [-0.4, -0.2) is 43.8 Å². The van der Waals surface area contributed by atoms with Crippen molar-refractivity contribution >= 4 is 62.3 Å². The Kier molecular flexibility index (Phi) is 11.9. The summed E-state index contributed by atoms with van der Waals surface area (Å²) in [5.74, 6) is -0.979. The van der Waals surface area contributed by atoms with Crippen molar-refractivity contribution in [1.82, 2.24) is 10.2 Å². The summed E-state index contributed by atoms with van der Waals surface area (Å²) in [6.45, 7) is 3.15. The second-order valence-electron chi connectivity index (χ2n) is 10.6. The van der Waals surface area contributed by atoms with Crippen LogP contribution in [0.4, 0.5) is 5.69 Å². The first-order valence-corrected chi connectivity index (χ1v) is 17.0. The molecule has 1 N–H and O–H groups in total. The van der Waals surface area contributed by atoms with E-state index in [2.05, 4.69) is 5.32 Å². The van der Waals surface area contributed by atoms with Crippen LogP contribution in [0.2, 0.25) is 15.1 Å². The fourth-order valence-electron chi connectivity index (χ4n) is 4.71. The Hall–Kier alpha value is -3.56. The lowest BCUT2D eigenvalue weighted by atomic mass is 10.0. The Bertz CT molecular complexity index is 1720. The van der Waals surface area contributed by atoms with Crippen LogP contribution in [0.1, 0.15) is 31.4 Å². The molecule has 4 aromatic rings. The molecule has 0 radical (unpaired) electrons. The third-order valence-corrected chi connectivity index (χ3v) is 9.94. The van der Waals surface area contributed by atoms with Crippen LogP contribution in [0.15, 0.2) is 108 Å². The number of hydrogen-bond donors (Lipinski definition) is 1. The highest BCUT2D eigenvalue weighted by Crippen LogP contribution is 2.28. The van der Waals surface area contributed by atoms with E-state index in [9.17, 15) is 18.0 Å². The van der Waals surface area contributed by atoms with E-state index in [-0.39, 0.29) is 35.5 Å². The number of rotatable bonds is 13. The largest absolute Gasteiger partial charge is 0.352 e. The molecule has 11 heteroatoms. The van der Waals surface area contributed by atoms with Crippen LogP contribution in [0, 0.1) is 0 Å². The number of benzene rings is 4. The minimum absolute atomic E-state index is 0.000389. The van der Waals surface area contributed by atoms with Crippen molar-refractivity contribution in [2.24, 2.45) is 0 Å². The van der Waals surface area contributed by atoms with Gasteiger partial charge in [0.25, 0.3) is 10.0 Å². The van der Waals surface area contributed by atoms with Gasteiger partial charge < -0.3 is 10.2 Å². The number of amides is 2. The molecule has 4 rings (SSSR count). The van der Waals surface area contributed by atoms with Gasteiger partial charge in [0.05, 0.1) is 10.6 Å². The van der Waals surface area contributed by atoms with Crippen LogP contribution in [0.3, 0.4) is 0 Å². The molecule has 0 bridgehead atoms. The number of carbonyl (C=O) groups excluding carboxylic acids is 2. The van der Waals surface area contributed by atoms with Gasteiger partial charge in [0.1, 0.15) is 12.6 Å². The van der Waals surface area contributed by atoms with Gasteiger partial charge in [0.2, 0.25) is 11.8 Å². The lowest BCUT2D eigenvalue weighted by Gasteiger charge is -2.34. The van der Waals surface area contributed by atoms with Crippen LogP contribution >= 0.6 is 34.8 Å². The fraction of sp³-hybridized carbons (Fsp3) is 0.235. The lowest BCUT2D eigenvalue weighted by Crippen LogP contribution is -2.54. The molecule has 0 aliphatic rings. The Balaban J connectivity index is 1.82. The van der Waals surface area contributed by atoms with Gasteiger partial charge in [-0.1, -0.05) is 102 Å². The van der Waals surface area contributed by atoms with Crippen molar-refractivity contribution < 1.29 is 18.0 Å². The molecule has 7 nitrogen and oxygen atoms in total. The van der Waals surface area contributed by atoms with Gasteiger partial charge in [-0.2, -0.15) is 0 Å². The van der Waals surface area contributed by atoms with E-state index in [1.165, 1.54) is 23.1 Å². The molecular weight excluding hydrogens is 653 g/mol. The third-order valence-electron chi connectivity index (χ3n) is 7.33. The number of anilines is 1. The first-order valence-electron chi connectivity index (χ1n) is 14.4. The minimum Gasteiger partial charge on any atom is -0.352 e. The van der Waals surface area contributed by atoms with Crippen molar-refractivity contribution in [2.75, 3.05) is 10.8 Å². The van der Waals surface area contributed by atoms with Crippen LogP contribution < -0.4 is 9.62 Å². The zero-order valence-electron chi connectivity index (χ0n) is 24.9. The van der Waals surface area contributed by atoms with Crippen molar-refractivity contribution in [2.45, 2.75) is 50.2 Å². The Morgan fingerprint density at radius 2 is 1.47 bits per heavy atom. The fourth-order valence-corrected chi connectivity index (χ4v) is 6.79. The molecule has 4 aromatic carbocycles. The van der Waals surface area contributed by atoms with E-state index in [0.29, 0.717) is 27.1 Å². The first kappa shape index (κ1) is 34.3. The predicted octanol–water partition coefficient (Wildman–Crippen LogP) is 7.40. The maximum absolute atomic E-state index is 14.5. The lowest BCUT2D eigenvalue weighted by molar-refractivity contribution is -0.140. The van der Waals surface area contributed by atoms with Gasteiger partial charge >= 0.3 is 0 Å². The van der Waals surface area contributed by atoms with Gasteiger partial charge in [-0.25, -0.2) is 8.42 Å². The van der Waals surface area contributed by atoms with Crippen LogP contribution in [0.25, 0.3) is 0 Å². The maximum Gasteiger partial charge on any atom is 0.264 e. The molecule has 236 valence electrons. The molecule has 0 unspecified atom stereocenters. The third kappa shape index (κ3) is 9.01. The average Bonchev–Trinajstić information content (AvgIpc) is 3.03. The van der Waals surface area contributed by atoms with Gasteiger partial charge in [-0.05, 0) is 66.9 Å². The minimum atomic E-state index is -4.23. The number of hydrogen-bond acceptors (Lipinski definition) is 4. The molecule has 0 aliphatic heterocycles. The summed E-state index contributed by atoms with van der Waals surface area (Å²) in [4.78, 5) is 29.8. The number of nitrogens with one attached hydrogen (secondary N) is 1. The molecule has 0 fully saturated rings. The van der Waals surface area contributed by atoms with Crippen molar-refractivity contribution in [3.8, 4) is 0 Å². The van der Waals surface area contributed by atoms with Gasteiger partial charge in [-0.3, -0.25) is 13.9 Å². The second-order valence-corrected chi connectivity index (χ2v) is 13.7. The van der Waals surface area contributed by atoms with E-state index in [0.717, 1.165) is 9.87 Å². The van der Waals surface area contributed by atoms with E-state index in [1.807, 2.05) is 44.2 Å². The highest BCUT2D eigenvalue weighted by molar-refractivity contribution is 7.92. The van der Waals surface area contributed by atoms with Gasteiger partial charge in [0.15, 0.2) is 0 Å². The van der Waals surface area contributed by atoms with Crippen molar-refractivity contribution in [3.05, 3.63) is 129 Å². The smallest absolute Gasteiger partial charge is 0.264 e. The number of sulfonamides is 1. The zero-order chi connectivity index (χ0) is 32.6.